The number of halogens is 1. The summed E-state index contributed by atoms with van der Waals surface area (Å²) < 4.78 is 7.36. The van der Waals surface area contributed by atoms with Gasteiger partial charge >= 0.3 is 6.09 Å². The molecule has 2 aromatic heterocycles. The van der Waals surface area contributed by atoms with Gasteiger partial charge in [-0.2, -0.15) is 5.10 Å². The van der Waals surface area contributed by atoms with Crippen LogP contribution in [-0.2, 0) is 24.4 Å². The van der Waals surface area contributed by atoms with Gasteiger partial charge in [0.05, 0.1) is 35.2 Å². The van der Waals surface area contributed by atoms with Crippen molar-refractivity contribution in [3.63, 3.8) is 0 Å². The summed E-state index contributed by atoms with van der Waals surface area (Å²) in [7, 11) is 0. The fourth-order valence-corrected chi connectivity index (χ4v) is 5.43. The second-order valence-corrected chi connectivity index (χ2v) is 11.7. The molecule has 2 aliphatic heterocycles. The molecule has 0 aliphatic carbocycles. The van der Waals surface area contributed by atoms with Crippen LogP contribution >= 0.6 is 11.6 Å². The largest absolute Gasteiger partial charge is 0.444 e. The van der Waals surface area contributed by atoms with Gasteiger partial charge in [-0.1, -0.05) is 29.8 Å². The van der Waals surface area contributed by atoms with Crippen molar-refractivity contribution in [1.29, 1.82) is 0 Å². The molecule has 1 saturated heterocycles. The molecule has 1 unspecified atom stereocenters. The van der Waals surface area contributed by atoms with Crippen molar-refractivity contribution in [3.05, 3.63) is 63.1 Å². The number of hydrogen-bond acceptors (Lipinski definition) is 6. The van der Waals surface area contributed by atoms with Gasteiger partial charge in [-0.05, 0) is 53.2 Å². The zero-order chi connectivity index (χ0) is 27.4. The molecule has 4 heterocycles. The summed E-state index contributed by atoms with van der Waals surface area (Å²) in [4.78, 5) is 36.9. The van der Waals surface area contributed by atoms with Crippen molar-refractivity contribution in [1.82, 2.24) is 29.3 Å². The Bertz CT molecular complexity index is 1410. The maximum atomic E-state index is 13.7. The molecule has 202 valence electrons. The summed E-state index contributed by atoms with van der Waals surface area (Å²) in [5, 5.41) is 5.33. The predicted octanol–water partition coefficient (Wildman–Crippen LogP) is 4.60. The van der Waals surface area contributed by atoms with Crippen LogP contribution in [0.5, 0.6) is 0 Å². The number of hydrogen-bond donors (Lipinski definition) is 0. The Balaban J connectivity index is 1.29. The molecule has 3 aromatic rings. The van der Waals surface area contributed by atoms with E-state index in [0.29, 0.717) is 49.9 Å². The lowest BCUT2D eigenvalue weighted by atomic mass is 10.0. The van der Waals surface area contributed by atoms with Gasteiger partial charge in [-0.3, -0.25) is 9.69 Å². The van der Waals surface area contributed by atoms with E-state index in [9.17, 15) is 9.59 Å². The third-order valence-electron chi connectivity index (χ3n) is 7.22. The molecule has 5 rings (SSSR count). The Morgan fingerprint density at radius 3 is 2.58 bits per heavy atom. The van der Waals surface area contributed by atoms with Crippen molar-refractivity contribution in [2.24, 2.45) is 0 Å². The Morgan fingerprint density at radius 2 is 1.87 bits per heavy atom. The van der Waals surface area contributed by atoms with Crippen LogP contribution in [0.1, 0.15) is 66.3 Å². The quantitative estimate of drug-likeness (QED) is 0.485. The number of benzene rings is 1. The third kappa shape index (κ3) is 4.97. The lowest BCUT2D eigenvalue weighted by Gasteiger charge is -2.40. The van der Waals surface area contributed by atoms with Crippen molar-refractivity contribution >= 4 is 29.2 Å². The van der Waals surface area contributed by atoms with Crippen LogP contribution in [0.15, 0.2) is 24.3 Å². The number of carbonyl (C=O) groups is 2. The van der Waals surface area contributed by atoms with Gasteiger partial charge in [0, 0.05) is 43.3 Å². The van der Waals surface area contributed by atoms with Crippen molar-refractivity contribution in [2.75, 3.05) is 19.6 Å². The molecule has 2 amide bonds. The average Bonchev–Trinajstić information content (AvgIpc) is 3.40. The molecule has 10 heteroatoms. The molecule has 2 aliphatic rings. The van der Waals surface area contributed by atoms with Gasteiger partial charge in [-0.15, -0.1) is 0 Å². The average molecular weight is 539 g/mol. The van der Waals surface area contributed by atoms with E-state index in [4.69, 9.17) is 21.4 Å². The Hall–Kier alpha value is -3.17. The minimum atomic E-state index is -0.521. The smallest absolute Gasteiger partial charge is 0.410 e. The minimum absolute atomic E-state index is 0.0133. The number of aromatic nitrogens is 3. The van der Waals surface area contributed by atoms with Gasteiger partial charge in [0.2, 0.25) is 0 Å². The van der Waals surface area contributed by atoms with E-state index < -0.39 is 5.60 Å². The molecule has 0 saturated carbocycles. The normalized spacial score (nSPS) is 18.2. The maximum absolute atomic E-state index is 13.7. The predicted molar refractivity (Wildman–Crippen MR) is 145 cm³/mol. The van der Waals surface area contributed by atoms with Crippen LogP contribution in [0, 0.1) is 13.8 Å². The zero-order valence-corrected chi connectivity index (χ0v) is 23.7. The van der Waals surface area contributed by atoms with Gasteiger partial charge in [0.1, 0.15) is 5.60 Å². The number of piperazine rings is 1. The third-order valence-corrected chi connectivity index (χ3v) is 7.77. The summed E-state index contributed by atoms with van der Waals surface area (Å²) in [5.41, 5.74) is 5.37. The first-order valence-electron chi connectivity index (χ1n) is 13.0. The van der Waals surface area contributed by atoms with Crippen molar-refractivity contribution in [3.8, 4) is 0 Å². The number of rotatable bonds is 3. The number of fused-ring (bicyclic) bond motifs is 3. The topological polar surface area (TPSA) is 83.3 Å². The second-order valence-electron chi connectivity index (χ2n) is 11.3. The highest BCUT2D eigenvalue weighted by Gasteiger charge is 2.33. The highest BCUT2D eigenvalue weighted by Crippen LogP contribution is 2.30. The van der Waals surface area contributed by atoms with Gasteiger partial charge < -0.3 is 14.5 Å². The first-order valence-corrected chi connectivity index (χ1v) is 13.4. The number of nitrogens with zero attached hydrogens (tertiary/aromatic N) is 6. The van der Waals surface area contributed by atoms with E-state index in [1.54, 1.807) is 9.42 Å². The summed E-state index contributed by atoms with van der Waals surface area (Å²) in [6.07, 6.45) is -0.276. The Kier molecular flexibility index (Phi) is 6.86. The molecule has 0 N–H and O–H groups in total. The van der Waals surface area contributed by atoms with Crippen LogP contribution in [0.25, 0.3) is 5.65 Å². The summed E-state index contributed by atoms with van der Waals surface area (Å²) in [5.74, 6) is -0.0143. The summed E-state index contributed by atoms with van der Waals surface area (Å²) in [6.45, 7) is 15.0. The second kappa shape index (κ2) is 9.85. The number of carbonyl (C=O) groups excluding carboxylic acids is 2. The SMILES string of the molecule is Cc1nc2c3c(nn2c(C)c1Cl)CN(C(=O)c1ccccc1CN1CCN(C(=O)OC(C)(C)C)C(C)C1)C3. The van der Waals surface area contributed by atoms with E-state index in [-0.39, 0.29) is 18.0 Å². The van der Waals surface area contributed by atoms with Gasteiger partial charge in [0.25, 0.3) is 5.91 Å². The molecular weight excluding hydrogens is 504 g/mol. The zero-order valence-electron chi connectivity index (χ0n) is 22.9. The van der Waals surface area contributed by atoms with Crippen LogP contribution < -0.4 is 0 Å². The van der Waals surface area contributed by atoms with E-state index in [0.717, 1.165) is 33.9 Å². The standard InChI is InChI=1S/C28H35ClN6O3/c1-17-13-32(11-12-34(17)27(37)38-28(4,5)6)14-20-9-7-8-10-21(20)26(36)33-15-22-23(16-33)31-35-19(3)24(29)18(2)30-25(22)35/h7-10,17H,11-16H2,1-6H3. The molecule has 38 heavy (non-hydrogen) atoms. The summed E-state index contributed by atoms with van der Waals surface area (Å²) in [6, 6.07) is 7.80. The van der Waals surface area contributed by atoms with Crippen LogP contribution in [0.4, 0.5) is 4.79 Å². The first-order chi connectivity index (χ1) is 17.9. The van der Waals surface area contributed by atoms with Crippen LogP contribution in [0.2, 0.25) is 5.02 Å². The van der Waals surface area contributed by atoms with Gasteiger partial charge in [0.15, 0.2) is 5.65 Å². The van der Waals surface area contributed by atoms with E-state index in [2.05, 4.69) is 9.88 Å². The Morgan fingerprint density at radius 1 is 1.13 bits per heavy atom. The molecule has 1 fully saturated rings. The first kappa shape index (κ1) is 26.4. The van der Waals surface area contributed by atoms with Crippen LogP contribution in [0.3, 0.4) is 0 Å². The highest BCUT2D eigenvalue weighted by molar-refractivity contribution is 6.31. The Labute approximate surface area is 228 Å². The van der Waals surface area contributed by atoms with Crippen molar-refractivity contribution < 1.29 is 14.3 Å². The van der Waals surface area contributed by atoms with E-state index >= 15 is 0 Å². The molecule has 0 spiro atoms. The summed E-state index contributed by atoms with van der Waals surface area (Å²) >= 11 is 6.38. The fraction of sp³-hybridized carbons (Fsp3) is 0.500. The molecule has 0 radical (unpaired) electrons. The molecule has 9 nitrogen and oxygen atoms in total. The lowest BCUT2D eigenvalue weighted by molar-refractivity contribution is 0.000546. The number of aryl methyl sites for hydroxylation is 2. The van der Waals surface area contributed by atoms with Crippen LogP contribution in [-0.4, -0.2) is 72.6 Å². The van der Waals surface area contributed by atoms with E-state index in [1.165, 1.54) is 0 Å². The monoisotopic (exact) mass is 538 g/mol. The fourth-order valence-electron chi connectivity index (χ4n) is 5.30. The number of ether oxygens (including phenoxy) is 1. The van der Waals surface area contributed by atoms with Crippen molar-refractivity contribution in [2.45, 2.75) is 72.8 Å². The van der Waals surface area contributed by atoms with E-state index in [1.807, 2.05) is 70.7 Å². The van der Waals surface area contributed by atoms with Gasteiger partial charge in [-0.25, -0.2) is 14.3 Å². The highest BCUT2D eigenvalue weighted by atomic mass is 35.5. The molecule has 0 bridgehead atoms. The molecular formula is C28H35ClN6O3. The molecule has 1 atom stereocenters. The maximum Gasteiger partial charge on any atom is 0.410 e. The molecule has 1 aromatic carbocycles. The lowest BCUT2D eigenvalue weighted by Crippen LogP contribution is -2.54. The minimum Gasteiger partial charge on any atom is -0.444 e. The number of amides is 2.